The average molecular weight is 2020 g/mol. The number of rotatable bonds is 26. The Bertz CT molecular complexity index is 6870. The molecule has 147 heavy (non-hydrogen) atoms. The monoisotopic (exact) mass is 2020 g/mol. The van der Waals surface area contributed by atoms with E-state index in [9.17, 15) is 58.5 Å². The summed E-state index contributed by atoms with van der Waals surface area (Å²) in [6.07, 6.45) is 34.4. The number of hydrogen-bond donors (Lipinski definition) is 5. The minimum atomic E-state index is -0.570. The van der Waals surface area contributed by atoms with Crippen molar-refractivity contribution in [2.75, 3.05) is 75.0 Å². The maximum Gasteiger partial charge on any atom is 0.329 e. The summed E-state index contributed by atoms with van der Waals surface area (Å²) in [7, 11) is 5.29. The predicted octanol–water partition coefficient (Wildman–Crippen LogP) is 14.6. The second-order valence-corrected chi connectivity index (χ2v) is 40.5. The number of aromatic nitrogens is 12. The minimum Gasteiger partial charge on any atom is -0.378 e. The van der Waals surface area contributed by atoms with Crippen molar-refractivity contribution in [3.8, 4) is 18.2 Å². The Balaban J connectivity index is 0.000000146. The zero-order valence-electron chi connectivity index (χ0n) is 85.1. The topological polar surface area (TPSA) is 466 Å². The lowest BCUT2D eigenvalue weighted by Crippen LogP contribution is -2.46. The van der Waals surface area contributed by atoms with Crippen LogP contribution in [-0.2, 0) is 88.2 Å². The van der Waals surface area contributed by atoms with Crippen molar-refractivity contribution in [1.82, 2.24) is 78.6 Å². The molecule has 3 aliphatic heterocycles. The van der Waals surface area contributed by atoms with Gasteiger partial charge in [0.15, 0.2) is 17.3 Å². The third-order valence-corrected chi connectivity index (χ3v) is 31.2. The lowest BCUT2D eigenvalue weighted by atomic mass is 9.89. The van der Waals surface area contributed by atoms with E-state index in [1.165, 1.54) is 6.33 Å². The van der Waals surface area contributed by atoms with Gasteiger partial charge in [-0.05, 0) is 263 Å². The summed E-state index contributed by atoms with van der Waals surface area (Å²) < 4.78 is 33.7. The van der Waals surface area contributed by atoms with Gasteiger partial charge in [0.2, 0.25) is 0 Å². The molecule has 3 unspecified atom stereocenters. The summed E-state index contributed by atoms with van der Waals surface area (Å²) in [4.78, 5) is 155. The first-order valence-electron chi connectivity index (χ1n) is 52.7. The van der Waals surface area contributed by atoms with Crippen LogP contribution in [-0.4, -0.2) is 215 Å². The van der Waals surface area contributed by atoms with Crippen molar-refractivity contribution in [2.24, 2.45) is 21.1 Å². The highest BCUT2D eigenvalue weighted by atomic mass is 35.5. The molecule has 3 saturated heterocycles. The van der Waals surface area contributed by atoms with E-state index in [1.807, 2.05) is 72.8 Å². The molecule has 7 N–H and O–H groups in total. The lowest BCUT2D eigenvalue weighted by Gasteiger charge is -2.41. The zero-order chi connectivity index (χ0) is 103. The number of para-hydroxylation sites is 3. The van der Waals surface area contributed by atoms with E-state index in [0.29, 0.717) is 124 Å². The van der Waals surface area contributed by atoms with E-state index in [2.05, 4.69) is 97.5 Å². The highest BCUT2D eigenvalue weighted by Gasteiger charge is 2.38. The number of aryl methyl sites for hydroxylation is 6. The van der Waals surface area contributed by atoms with Crippen LogP contribution >= 0.6 is 12.4 Å². The summed E-state index contributed by atoms with van der Waals surface area (Å²) in [6.45, 7) is 8.31. The van der Waals surface area contributed by atoms with E-state index < -0.39 is 18.1 Å². The molecule has 6 aromatic heterocycles. The number of anilines is 3. The van der Waals surface area contributed by atoms with Gasteiger partial charge in [0, 0.05) is 146 Å². The molecule has 0 spiro atoms. The number of carbonyl (C=O) groups is 7. The quantitative estimate of drug-likeness (QED) is 0.0248. The van der Waals surface area contributed by atoms with Crippen LogP contribution in [0.1, 0.15) is 244 Å². The summed E-state index contributed by atoms with van der Waals surface area (Å²) in [5, 5.41) is 44.3. The lowest BCUT2D eigenvalue weighted by molar-refractivity contribution is -0.133. The fourth-order valence-corrected chi connectivity index (χ4v) is 23.3. The molecule has 21 rings (SSSR count). The molecule has 6 saturated carbocycles. The second-order valence-electron chi connectivity index (χ2n) is 40.5. The Morgan fingerprint density at radius 2 is 0.673 bits per heavy atom. The zero-order valence-corrected chi connectivity index (χ0v) is 84.9. The number of likely N-dealkylation sites (tertiary alicyclic amines) is 2. The van der Waals surface area contributed by atoms with Crippen LogP contribution in [0.4, 0.5) is 17.5 Å². The Hall–Kier alpha value is -13.3. The van der Waals surface area contributed by atoms with Gasteiger partial charge in [-0.25, -0.2) is 44.3 Å². The van der Waals surface area contributed by atoms with Gasteiger partial charge in [0.1, 0.15) is 61.0 Å². The molecule has 12 aromatic rings. The van der Waals surface area contributed by atoms with Crippen molar-refractivity contribution >= 4 is 136 Å². The molecule has 0 radical (unpaired) electrons. The Kier molecular flexibility index (Phi) is 35.4. The Morgan fingerprint density at radius 3 is 0.980 bits per heavy atom. The van der Waals surface area contributed by atoms with Crippen molar-refractivity contribution in [1.29, 1.82) is 15.8 Å². The Morgan fingerprint density at radius 1 is 0.374 bits per heavy atom. The van der Waals surface area contributed by atoms with Gasteiger partial charge in [0.25, 0.3) is 0 Å². The number of piperidine rings is 3. The third-order valence-electron chi connectivity index (χ3n) is 31.2. The number of halogens is 1. The molecular weight excluding hydrogens is 1880 g/mol. The number of ether oxygens (including phenoxy) is 3. The summed E-state index contributed by atoms with van der Waals surface area (Å²) >= 11 is 0. The molecule has 9 fully saturated rings. The van der Waals surface area contributed by atoms with E-state index in [0.717, 1.165) is 280 Å². The maximum atomic E-state index is 13.2. The molecule has 9 aliphatic rings. The number of hydrogen-bond acceptors (Lipinski definition) is 29. The molecule has 772 valence electrons. The van der Waals surface area contributed by atoms with Gasteiger partial charge in [-0.1, -0.05) is 36.4 Å². The molecule has 36 heteroatoms. The average Bonchev–Trinajstić information content (AvgIpc) is 1.61. The van der Waals surface area contributed by atoms with Gasteiger partial charge in [-0.15, -0.1) is 12.4 Å². The van der Waals surface area contributed by atoms with Crippen LogP contribution in [0.5, 0.6) is 0 Å². The standard InChI is InChI=1S/2C37H43N7O4.C22H29N3O4.C15H14N4O.ClH.H3N/c2*1-42-35-25(4-2-6-33(35)44(37(42)47)32-14-12-28(45)21-34(32)46)5-3-19-48-29-15-17-43(18-16-29)27-10-8-26(9-11-27)41-36-30-20-24(22-38)7-13-31(30)39-23-40-36;1-24-21-15(5-3-13-29-17-9-11-23-12-10-17)4-2-6-19(21)25(22(24)28)18-8-7-16(26)14-20(18)27;16-8-10-1-6-14-13(7-10)15(18-9-17-14)19-11-2-4-12(20)5-3-11;;/h2*2,4,6-7,13,20,23,26-27,29,32H,3,5,8-12,14-19,21H2,1H3,(H,39,40,41);2,4,6,17-18,23H,3,5,7-14H2,1H3;1,6-7,9,11H,2-5H2,(H,17,18,19);1H;1H3/i/hT. The van der Waals surface area contributed by atoms with Gasteiger partial charge in [-0.2, -0.15) is 15.8 Å². The number of nitriles is 3. The minimum absolute atomic E-state index is 0. The van der Waals surface area contributed by atoms with Crippen LogP contribution < -0.4 is 44.5 Å². The number of imidazole rings is 3. The Labute approximate surface area is 860 Å². The molecule has 35 nitrogen and oxygen atoms in total. The number of fused-ring (bicyclic) bond motifs is 6. The fourth-order valence-electron chi connectivity index (χ4n) is 23.3. The molecule has 6 aliphatic carbocycles. The highest BCUT2D eigenvalue weighted by molar-refractivity contribution is 6.06. The first-order valence-corrected chi connectivity index (χ1v) is 52.1. The second kappa shape index (κ2) is 49.5. The van der Waals surface area contributed by atoms with Crippen molar-refractivity contribution in [3.63, 3.8) is 0 Å². The van der Waals surface area contributed by atoms with Crippen LogP contribution in [0, 0.1) is 34.0 Å². The third kappa shape index (κ3) is 24.9. The number of Topliss-reactive ketones (excluding diaryl/α,β-unsaturated/α-hetero) is 7. The van der Waals surface area contributed by atoms with Crippen LogP contribution in [0.3, 0.4) is 0 Å². The van der Waals surface area contributed by atoms with Gasteiger partial charge in [-0.3, -0.25) is 61.0 Å². The van der Waals surface area contributed by atoms with Crippen LogP contribution in [0.25, 0.3) is 65.8 Å². The number of nitrogens with zero attached hydrogens (tertiary/aromatic N) is 17. The van der Waals surface area contributed by atoms with Crippen molar-refractivity contribution < 1.29 is 49.2 Å². The maximum absolute atomic E-state index is 13.2. The first-order chi connectivity index (χ1) is 71.6. The normalized spacial score (nSPS) is 21.2. The molecule has 0 bridgehead atoms. The molecule has 6 aromatic carbocycles. The number of ketones is 7. The van der Waals surface area contributed by atoms with Crippen LogP contribution in [0.2, 0.25) is 1.41 Å². The molecule has 9 heterocycles. The van der Waals surface area contributed by atoms with Gasteiger partial charge in [0.05, 0.1) is 140 Å². The SMILES string of the molecule is Cl.Cn1c(=O)n(C2CCC(=O)CC2=O)c2cccc(CCCOC3CCN(C4CCC(Nc5ncnc6ccc(C#N)cc56)CC4)CC3)c21.Cn1c(=O)n(C2CCC(=O)CC2=O)c2cccc(CCCOC3CCN(C4CCC(Nc5ncnc6ccc(C#N)cc56)CC4)CC3)c21.Cn1c(=O)n(C2CCC(=O)CC2=O)c2cccc(CCCOC3CCNCC3)c21.N#Cc1ccc2ncnc(NC3CCC(=O)CC3)c2c1.[3H]N. The first kappa shape index (κ1) is 105. The van der Waals surface area contributed by atoms with Crippen molar-refractivity contribution in [2.45, 2.75) is 279 Å². The van der Waals surface area contributed by atoms with Gasteiger partial charge >= 0.3 is 17.1 Å². The number of nitrogens with one attached hydrogen (secondary N) is 4. The smallest absolute Gasteiger partial charge is 0.329 e. The number of benzene rings is 6. The van der Waals surface area contributed by atoms with Crippen molar-refractivity contribution in [3.05, 3.63) is 193 Å². The largest absolute Gasteiger partial charge is 0.378 e. The summed E-state index contributed by atoms with van der Waals surface area (Å²) in [5.74, 6) is 2.09. The summed E-state index contributed by atoms with van der Waals surface area (Å²) in [5.41, 5.74) is 11.9. The fraction of sp³-hybridized carbons (Fsp3) is 0.505. The van der Waals surface area contributed by atoms with E-state index in [1.54, 1.807) is 85.5 Å². The predicted molar refractivity (Wildman–Crippen MR) is 563 cm³/mol. The summed E-state index contributed by atoms with van der Waals surface area (Å²) in [6, 6.07) is 41.2. The van der Waals surface area contributed by atoms with E-state index in [-0.39, 0.29) is 102 Å². The molecule has 0 amide bonds. The van der Waals surface area contributed by atoms with E-state index in [4.69, 9.17) is 20.9 Å². The molecule has 3 atom stereocenters. The number of carbonyl (C=O) groups excluding carboxylic acids is 7. The molecular formula is C111H133ClN22O13. The van der Waals surface area contributed by atoms with Crippen LogP contribution in [0.15, 0.2) is 143 Å². The van der Waals surface area contributed by atoms with Gasteiger partial charge < -0.3 is 51.4 Å². The van der Waals surface area contributed by atoms with E-state index >= 15 is 0 Å². The highest BCUT2D eigenvalue weighted by Crippen LogP contribution is 2.38.